The van der Waals surface area contributed by atoms with Gasteiger partial charge in [-0.1, -0.05) is 42.0 Å². The van der Waals surface area contributed by atoms with Crippen molar-refractivity contribution in [3.8, 4) is 0 Å². The molecule has 0 aliphatic carbocycles. The molecule has 0 aliphatic rings. The molecule has 0 aliphatic heterocycles. The van der Waals surface area contributed by atoms with Crippen molar-refractivity contribution in [2.45, 2.75) is 19.9 Å². The van der Waals surface area contributed by atoms with Crippen LogP contribution in [0.2, 0.25) is 0 Å². The third-order valence-corrected chi connectivity index (χ3v) is 4.20. The number of H-pyrrole nitrogens is 1. The minimum absolute atomic E-state index is 0. The van der Waals surface area contributed by atoms with E-state index in [0.29, 0.717) is 0 Å². The van der Waals surface area contributed by atoms with Crippen LogP contribution in [-0.2, 0) is 13.0 Å². The van der Waals surface area contributed by atoms with Crippen LogP contribution in [0.15, 0.2) is 53.5 Å². The van der Waals surface area contributed by atoms with Crippen LogP contribution in [0.25, 0.3) is 11.0 Å². The second-order valence-corrected chi connectivity index (χ2v) is 6.27. The number of nitrogens with one attached hydrogen (secondary N) is 2. The molecule has 3 aromatic rings. The van der Waals surface area contributed by atoms with Crippen molar-refractivity contribution in [3.05, 3.63) is 65.5 Å². The van der Waals surface area contributed by atoms with E-state index in [2.05, 4.69) is 63.4 Å². The molecule has 26 heavy (non-hydrogen) atoms. The first-order chi connectivity index (χ1) is 12.2. The van der Waals surface area contributed by atoms with Crippen molar-refractivity contribution >= 4 is 41.0 Å². The Morgan fingerprint density at radius 2 is 1.88 bits per heavy atom. The zero-order chi connectivity index (χ0) is 17.6. The number of aromatic amines is 1. The summed E-state index contributed by atoms with van der Waals surface area (Å²) < 4.78 is 0. The van der Waals surface area contributed by atoms with E-state index < -0.39 is 0 Å². The largest absolute Gasteiger partial charge is 0.356 e. The number of para-hydroxylation sites is 2. The second kappa shape index (κ2) is 9.56. The smallest absolute Gasteiger partial charge is 0.193 e. The predicted molar refractivity (Wildman–Crippen MR) is 119 cm³/mol. The highest BCUT2D eigenvalue weighted by Crippen LogP contribution is 2.10. The molecule has 3 rings (SSSR count). The number of hydrogen-bond donors (Lipinski definition) is 2. The van der Waals surface area contributed by atoms with Crippen LogP contribution in [0.3, 0.4) is 0 Å². The maximum Gasteiger partial charge on any atom is 0.193 e. The first-order valence-corrected chi connectivity index (χ1v) is 8.56. The molecular formula is C20H26IN5. The molecule has 6 heteroatoms. The van der Waals surface area contributed by atoms with Crippen LogP contribution in [0.5, 0.6) is 0 Å². The molecule has 2 aromatic carbocycles. The number of aromatic nitrogens is 2. The Morgan fingerprint density at radius 1 is 1.15 bits per heavy atom. The number of guanidine groups is 1. The number of halogens is 1. The first-order valence-electron chi connectivity index (χ1n) is 8.56. The van der Waals surface area contributed by atoms with Crippen molar-refractivity contribution in [2.24, 2.45) is 4.99 Å². The monoisotopic (exact) mass is 463 g/mol. The molecule has 0 spiro atoms. The lowest BCUT2D eigenvalue weighted by atomic mass is 10.1. The SMILES string of the molecule is CN=C(NCCc1nc2ccccc2[nH]1)N(C)Cc1ccc(C)cc1.I. The summed E-state index contributed by atoms with van der Waals surface area (Å²) >= 11 is 0. The van der Waals surface area contributed by atoms with Gasteiger partial charge in [0.25, 0.3) is 0 Å². The van der Waals surface area contributed by atoms with Crippen LogP contribution in [0, 0.1) is 6.92 Å². The molecule has 1 heterocycles. The molecular weight excluding hydrogens is 437 g/mol. The van der Waals surface area contributed by atoms with Gasteiger partial charge < -0.3 is 15.2 Å². The Morgan fingerprint density at radius 3 is 2.58 bits per heavy atom. The van der Waals surface area contributed by atoms with Crippen molar-refractivity contribution in [3.63, 3.8) is 0 Å². The lowest BCUT2D eigenvalue weighted by Crippen LogP contribution is -2.39. The average molecular weight is 463 g/mol. The van der Waals surface area contributed by atoms with Gasteiger partial charge in [-0.05, 0) is 24.6 Å². The van der Waals surface area contributed by atoms with E-state index in [1.807, 2.05) is 31.3 Å². The Hall–Kier alpha value is -2.09. The van der Waals surface area contributed by atoms with E-state index in [1.165, 1.54) is 11.1 Å². The fourth-order valence-corrected chi connectivity index (χ4v) is 2.84. The molecule has 5 nitrogen and oxygen atoms in total. The number of aliphatic imine (C=N–C) groups is 1. The normalized spacial score (nSPS) is 11.3. The molecule has 138 valence electrons. The molecule has 0 saturated heterocycles. The summed E-state index contributed by atoms with van der Waals surface area (Å²) in [5.41, 5.74) is 4.64. The Labute approximate surface area is 172 Å². The fraction of sp³-hybridized carbons (Fsp3) is 0.300. The number of nitrogens with zero attached hydrogens (tertiary/aromatic N) is 3. The highest BCUT2D eigenvalue weighted by Gasteiger charge is 2.07. The van der Waals surface area contributed by atoms with E-state index in [9.17, 15) is 0 Å². The van der Waals surface area contributed by atoms with E-state index >= 15 is 0 Å². The van der Waals surface area contributed by atoms with Gasteiger partial charge in [-0.15, -0.1) is 24.0 Å². The highest BCUT2D eigenvalue weighted by molar-refractivity contribution is 14.0. The Balaban J connectivity index is 0.00000243. The lowest BCUT2D eigenvalue weighted by molar-refractivity contribution is 0.477. The van der Waals surface area contributed by atoms with Gasteiger partial charge in [0.15, 0.2) is 5.96 Å². The molecule has 0 bridgehead atoms. The molecule has 2 N–H and O–H groups in total. The Bertz CT molecular complexity index is 821. The van der Waals surface area contributed by atoms with Crippen LogP contribution >= 0.6 is 24.0 Å². The first kappa shape index (κ1) is 20.2. The second-order valence-electron chi connectivity index (χ2n) is 6.27. The zero-order valence-electron chi connectivity index (χ0n) is 15.5. The number of rotatable bonds is 5. The summed E-state index contributed by atoms with van der Waals surface area (Å²) in [5, 5.41) is 3.41. The minimum atomic E-state index is 0. The van der Waals surface area contributed by atoms with Crippen molar-refractivity contribution in [1.29, 1.82) is 0 Å². The number of benzene rings is 2. The molecule has 0 fully saturated rings. The third kappa shape index (κ3) is 5.20. The summed E-state index contributed by atoms with van der Waals surface area (Å²) in [6.45, 7) is 3.71. The van der Waals surface area contributed by atoms with Gasteiger partial charge in [0.2, 0.25) is 0 Å². The quantitative estimate of drug-likeness (QED) is 0.345. The van der Waals surface area contributed by atoms with Crippen LogP contribution in [-0.4, -0.2) is 41.5 Å². The molecule has 0 atom stereocenters. The molecule has 0 radical (unpaired) electrons. The summed E-state index contributed by atoms with van der Waals surface area (Å²) in [5.74, 6) is 1.88. The summed E-state index contributed by atoms with van der Waals surface area (Å²) in [4.78, 5) is 14.5. The third-order valence-electron chi connectivity index (χ3n) is 4.20. The average Bonchev–Trinajstić information content (AvgIpc) is 3.03. The minimum Gasteiger partial charge on any atom is -0.356 e. The van der Waals surface area contributed by atoms with Gasteiger partial charge in [-0.25, -0.2) is 4.98 Å². The lowest BCUT2D eigenvalue weighted by Gasteiger charge is -2.22. The number of fused-ring (bicyclic) bond motifs is 1. The van der Waals surface area contributed by atoms with E-state index in [1.54, 1.807) is 0 Å². The number of aryl methyl sites for hydroxylation is 1. The van der Waals surface area contributed by atoms with Crippen molar-refractivity contribution in [2.75, 3.05) is 20.6 Å². The van der Waals surface area contributed by atoms with Crippen molar-refractivity contribution in [1.82, 2.24) is 20.2 Å². The molecule has 0 saturated carbocycles. The summed E-state index contributed by atoms with van der Waals surface area (Å²) in [7, 11) is 3.87. The fourth-order valence-electron chi connectivity index (χ4n) is 2.84. The van der Waals surface area contributed by atoms with Crippen LogP contribution in [0.4, 0.5) is 0 Å². The number of hydrogen-bond acceptors (Lipinski definition) is 2. The molecule has 1 aromatic heterocycles. The summed E-state index contributed by atoms with van der Waals surface area (Å²) in [6.07, 6.45) is 0.825. The van der Waals surface area contributed by atoms with E-state index in [0.717, 1.165) is 42.3 Å². The van der Waals surface area contributed by atoms with E-state index in [-0.39, 0.29) is 24.0 Å². The van der Waals surface area contributed by atoms with Crippen molar-refractivity contribution < 1.29 is 0 Å². The molecule has 0 amide bonds. The summed E-state index contributed by atoms with van der Waals surface area (Å²) in [6, 6.07) is 16.7. The maximum absolute atomic E-state index is 4.61. The van der Waals surface area contributed by atoms with Crippen LogP contribution < -0.4 is 5.32 Å². The van der Waals surface area contributed by atoms with Gasteiger partial charge in [-0.3, -0.25) is 4.99 Å². The van der Waals surface area contributed by atoms with Gasteiger partial charge in [0.05, 0.1) is 11.0 Å². The van der Waals surface area contributed by atoms with Gasteiger partial charge in [-0.2, -0.15) is 0 Å². The predicted octanol–water partition coefficient (Wildman–Crippen LogP) is 3.74. The Kier molecular flexibility index (Phi) is 7.44. The molecule has 0 unspecified atom stereocenters. The van der Waals surface area contributed by atoms with Gasteiger partial charge in [0, 0.05) is 33.6 Å². The number of imidazole rings is 1. The standard InChI is InChI=1S/C20H25N5.HI/c1-15-8-10-16(11-9-15)14-25(3)20(21-2)22-13-12-19-23-17-6-4-5-7-18(17)24-19;/h4-11H,12-14H2,1-3H3,(H,21,22)(H,23,24);1H. The van der Waals surface area contributed by atoms with Crippen LogP contribution in [0.1, 0.15) is 17.0 Å². The topological polar surface area (TPSA) is 56.3 Å². The van der Waals surface area contributed by atoms with Gasteiger partial charge >= 0.3 is 0 Å². The zero-order valence-corrected chi connectivity index (χ0v) is 17.8. The maximum atomic E-state index is 4.61. The highest BCUT2D eigenvalue weighted by atomic mass is 127. The van der Waals surface area contributed by atoms with Gasteiger partial charge in [0.1, 0.15) is 5.82 Å². The van der Waals surface area contributed by atoms with E-state index in [4.69, 9.17) is 0 Å².